The van der Waals surface area contributed by atoms with Crippen LogP contribution in [-0.2, 0) is 11.2 Å². The highest BCUT2D eigenvalue weighted by Crippen LogP contribution is 2.24. The molecule has 1 aromatic heterocycles. The third kappa shape index (κ3) is 2.33. The van der Waals surface area contributed by atoms with Crippen molar-refractivity contribution in [2.45, 2.75) is 26.2 Å². The van der Waals surface area contributed by atoms with Crippen LogP contribution in [0.25, 0.3) is 11.0 Å². The Balaban J connectivity index is 2.42. The van der Waals surface area contributed by atoms with Crippen molar-refractivity contribution in [1.29, 1.82) is 0 Å². The van der Waals surface area contributed by atoms with Gasteiger partial charge in [-0.2, -0.15) is 0 Å². The summed E-state index contributed by atoms with van der Waals surface area (Å²) in [5.41, 5.74) is 1.32. The fraction of sp³-hybridized carbons (Fsp3) is 0.357. The molecule has 0 aliphatic rings. The number of furan rings is 1. The largest absolute Gasteiger partial charge is 0.465 e. The molecule has 0 saturated heterocycles. The van der Waals surface area contributed by atoms with Crippen LogP contribution in [0.2, 0.25) is 0 Å². The van der Waals surface area contributed by atoms with E-state index in [0.29, 0.717) is 5.56 Å². The van der Waals surface area contributed by atoms with Gasteiger partial charge in [0.05, 0.1) is 12.7 Å². The number of fused-ring (bicyclic) bond motifs is 1. The van der Waals surface area contributed by atoms with E-state index in [1.165, 1.54) is 7.11 Å². The van der Waals surface area contributed by atoms with E-state index in [2.05, 4.69) is 6.92 Å². The van der Waals surface area contributed by atoms with Crippen molar-refractivity contribution in [2.75, 3.05) is 7.11 Å². The van der Waals surface area contributed by atoms with Crippen molar-refractivity contribution >= 4 is 16.9 Å². The van der Waals surface area contributed by atoms with Crippen molar-refractivity contribution in [3.05, 3.63) is 35.6 Å². The van der Waals surface area contributed by atoms with Crippen LogP contribution < -0.4 is 0 Å². The first-order chi connectivity index (χ1) is 8.26. The molecular weight excluding hydrogens is 216 g/mol. The molecule has 0 unspecified atom stereocenters. The summed E-state index contributed by atoms with van der Waals surface area (Å²) in [7, 11) is 1.39. The van der Waals surface area contributed by atoms with E-state index in [1.807, 2.05) is 18.2 Å². The lowest BCUT2D eigenvalue weighted by Gasteiger charge is -1.98. The third-order valence-electron chi connectivity index (χ3n) is 2.79. The van der Waals surface area contributed by atoms with Gasteiger partial charge in [-0.1, -0.05) is 19.4 Å². The molecule has 17 heavy (non-hydrogen) atoms. The molecule has 0 bridgehead atoms. The molecule has 0 aliphatic heterocycles. The molecule has 2 aromatic rings. The highest BCUT2D eigenvalue weighted by Gasteiger charge is 2.13. The van der Waals surface area contributed by atoms with E-state index < -0.39 is 0 Å². The zero-order valence-corrected chi connectivity index (χ0v) is 10.2. The Morgan fingerprint density at radius 1 is 1.41 bits per heavy atom. The zero-order valence-electron chi connectivity index (χ0n) is 10.2. The fourth-order valence-corrected chi connectivity index (χ4v) is 1.88. The standard InChI is InChI=1S/C14H16O3/c1-3-4-6-10-9-12-11(14(15)16-2)7-5-8-13(12)17-10/h5,7-9H,3-4,6H2,1-2H3. The minimum atomic E-state index is -0.321. The predicted molar refractivity (Wildman–Crippen MR) is 66.2 cm³/mol. The maximum Gasteiger partial charge on any atom is 0.338 e. The second kappa shape index (κ2) is 5.04. The predicted octanol–water partition coefficient (Wildman–Crippen LogP) is 3.56. The van der Waals surface area contributed by atoms with Crippen molar-refractivity contribution in [2.24, 2.45) is 0 Å². The molecule has 0 amide bonds. The number of hydrogen-bond acceptors (Lipinski definition) is 3. The van der Waals surface area contributed by atoms with Gasteiger partial charge in [0.15, 0.2) is 0 Å². The van der Waals surface area contributed by atoms with Gasteiger partial charge in [0.2, 0.25) is 0 Å². The molecule has 0 saturated carbocycles. The average Bonchev–Trinajstić information content (AvgIpc) is 2.77. The summed E-state index contributed by atoms with van der Waals surface area (Å²) < 4.78 is 10.5. The molecule has 90 valence electrons. The number of unbranched alkanes of at least 4 members (excludes halogenated alkanes) is 1. The van der Waals surface area contributed by atoms with Gasteiger partial charge < -0.3 is 9.15 Å². The molecule has 0 N–H and O–H groups in total. The van der Waals surface area contributed by atoms with Gasteiger partial charge >= 0.3 is 5.97 Å². The number of aryl methyl sites for hydroxylation is 1. The first-order valence-electron chi connectivity index (χ1n) is 5.86. The Bertz CT molecular complexity index is 525. The van der Waals surface area contributed by atoms with E-state index in [-0.39, 0.29) is 5.97 Å². The van der Waals surface area contributed by atoms with Gasteiger partial charge in [-0.3, -0.25) is 0 Å². The summed E-state index contributed by atoms with van der Waals surface area (Å²) in [6.07, 6.45) is 3.13. The van der Waals surface area contributed by atoms with Crippen LogP contribution in [0.4, 0.5) is 0 Å². The van der Waals surface area contributed by atoms with Gasteiger partial charge in [-0.25, -0.2) is 4.79 Å². The van der Waals surface area contributed by atoms with Gasteiger partial charge in [-0.05, 0) is 24.6 Å². The number of hydrogen-bond donors (Lipinski definition) is 0. The van der Waals surface area contributed by atoms with Crippen molar-refractivity contribution in [1.82, 2.24) is 0 Å². The van der Waals surface area contributed by atoms with Gasteiger partial charge in [-0.15, -0.1) is 0 Å². The Labute approximate surface area is 100 Å². The molecule has 3 nitrogen and oxygen atoms in total. The summed E-state index contributed by atoms with van der Waals surface area (Å²) in [5.74, 6) is 0.608. The molecule has 0 fully saturated rings. The molecule has 2 rings (SSSR count). The SMILES string of the molecule is CCCCc1cc2c(C(=O)OC)cccc2o1. The second-order valence-electron chi connectivity index (χ2n) is 4.03. The first kappa shape index (κ1) is 11.7. The monoisotopic (exact) mass is 232 g/mol. The summed E-state index contributed by atoms with van der Waals surface area (Å²) in [6.45, 7) is 2.14. The molecule has 1 heterocycles. The Morgan fingerprint density at radius 2 is 2.24 bits per heavy atom. The van der Waals surface area contributed by atoms with Crippen LogP contribution >= 0.6 is 0 Å². The molecule has 1 aromatic carbocycles. The average molecular weight is 232 g/mol. The number of carbonyl (C=O) groups excluding carboxylic acids is 1. The molecule has 0 radical (unpaired) electrons. The van der Waals surface area contributed by atoms with Crippen LogP contribution in [0.1, 0.15) is 35.9 Å². The lowest BCUT2D eigenvalue weighted by Crippen LogP contribution is -2.00. The van der Waals surface area contributed by atoms with E-state index in [4.69, 9.17) is 9.15 Å². The fourth-order valence-electron chi connectivity index (χ4n) is 1.88. The number of carbonyl (C=O) groups is 1. The van der Waals surface area contributed by atoms with Crippen LogP contribution in [0, 0.1) is 0 Å². The third-order valence-corrected chi connectivity index (χ3v) is 2.79. The number of esters is 1. The molecular formula is C14H16O3. The van der Waals surface area contributed by atoms with E-state index in [9.17, 15) is 4.79 Å². The van der Waals surface area contributed by atoms with Gasteiger partial charge in [0.25, 0.3) is 0 Å². The van der Waals surface area contributed by atoms with Gasteiger partial charge in [0, 0.05) is 11.8 Å². The van der Waals surface area contributed by atoms with Gasteiger partial charge in [0.1, 0.15) is 11.3 Å². The number of methoxy groups -OCH3 is 1. The Kier molecular flexibility index (Phi) is 3.47. The van der Waals surface area contributed by atoms with Crippen molar-refractivity contribution in [3.63, 3.8) is 0 Å². The highest BCUT2D eigenvalue weighted by atomic mass is 16.5. The molecule has 3 heteroatoms. The number of rotatable bonds is 4. The van der Waals surface area contributed by atoms with Crippen molar-refractivity contribution < 1.29 is 13.9 Å². The Hall–Kier alpha value is -1.77. The normalized spacial score (nSPS) is 10.7. The highest BCUT2D eigenvalue weighted by molar-refractivity contribution is 6.03. The summed E-state index contributed by atoms with van der Waals surface area (Å²) >= 11 is 0. The van der Waals surface area contributed by atoms with Crippen LogP contribution in [0.3, 0.4) is 0 Å². The molecule has 0 aliphatic carbocycles. The minimum Gasteiger partial charge on any atom is -0.465 e. The quantitative estimate of drug-likeness (QED) is 0.756. The lowest BCUT2D eigenvalue weighted by molar-refractivity contribution is 0.0603. The minimum absolute atomic E-state index is 0.321. The second-order valence-corrected chi connectivity index (χ2v) is 4.03. The van der Waals surface area contributed by atoms with E-state index >= 15 is 0 Å². The lowest BCUT2D eigenvalue weighted by atomic mass is 10.1. The molecule has 0 atom stereocenters. The molecule has 0 spiro atoms. The summed E-state index contributed by atoms with van der Waals surface area (Å²) in [5, 5.41) is 0.838. The topological polar surface area (TPSA) is 39.4 Å². The zero-order chi connectivity index (χ0) is 12.3. The maximum atomic E-state index is 11.6. The van der Waals surface area contributed by atoms with E-state index in [1.54, 1.807) is 6.07 Å². The summed E-state index contributed by atoms with van der Waals surface area (Å²) in [6, 6.07) is 7.38. The maximum absolute atomic E-state index is 11.6. The van der Waals surface area contributed by atoms with Crippen LogP contribution in [-0.4, -0.2) is 13.1 Å². The van der Waals surface area contributed by atoms with Crippen molar-refractivity contribution in [3.8, 4) is 0 Å². The van der Waals surface area contributed by atoms with Crippen LogP contribution in [0.15, 0.2) is 28.7 Å². The smallest absolute Gasteiger partial charge is 0.338 e. The first-order valence-corrected chi connectivity index (χ1v) is 5.86. The van der Waals surface area contributed by atoms with E-state index in [0.717, 1.165) is 36.0 Å². The Morgan fingerprint density at radius 3 is 2.94 bits per heavy atom. The summed E-state index contributed by atoms with van der Waals surface area (Å²) in [4.78, 5) is 11.6. The number of benzene rings is 1. The number of ether oxygens (including phenoxy) is 1. The van der Waals surface area contributed by atoms with Crippen LogP contribution in [0.5, 0.6) is 0 Å².